The predicted molar refractivity (Wildman–Crippen MR) is 80.9 cm³/mol. The van der Waals surface area contributed by atoms with Crippen molar-refractivity contribution in [3.8, 4) is 5.75 Å². The first-order valence-corrected chi connectivity index (χ1v) is 7.11. The molecule has 0 amide bonds. The van der Waals surface area contributed by atoms with Gasteiger partial charge in [-0.05, 0) is 39.7 Å². The zero-order chi connectivity index (χ0) is 13.8. The van der Waals surface area contributed by atoms with Gasteiger partial charge in [-0.3, -0.25) is 0 Å². The van der Waals surface area contributed by atoms with Gasteiger partial charge in [-0.25, -0.2) is 0 Å². The number of rotatable bonds is 4. The van der Waals surface area contributed by atoms with Gasteiger partial charge < -0.3 is 9.84 Å². The molecule has 0 heterocycles. The Balaban J connectivity index is 2.12. The van der Waals surface area contributed by atoms with Crippen LogP contribution in [0.4, 0.5) is 0 Å². The van der Waals surface area contributed by atoms with Crippen LogP contribution in [0.1, 0.15) is 11.1 Å². The Hall–Kier alpha value is -0.740. The number of halogens is 3. The molecule has 0 bridgehead atoms. The van der Waals surface area contributed by atoms with E-state index >= 15 is 0 Å². The number of ether oxygens (including phenoxy) is 1. The molecule has 0 aliphatic carbocycles. The first-order chi connectivity index (χ1) is 9.11. The van der Waals surface area contributed by atoms with E-state index in [-0.39, 0.29) is 6.61 Å². The molecule has 0 saturated carbocycles. The summed E-state index contributed by atoms with van der Waals surface area (Å²) in [6, 6.07) is 10.9. The predicted octanol–water partition coefficient (Wildman–Crippen LogP) is 4.83. The van der Waals surface area contributed by atoms with Crippen molar-refractivity contribution >= 4 is 39.1 Å². The molecule has 0 spiro atoms. The van der Waals surface area contributed by atoms with E-state index in [0.29, 0.717) is 22.4 Å². The smallest absolute Gasteiger partial charge is 0.134 e. The second-order valence-electron chi connectivity index (χ2n) is 3.92. The highest BCUT2D eigenvalue weighted by atomic mass is 79.9. The molecule has 0 saturated heterocycles. The second-order valence-corrected chi connectivity index (χ2v) is 5.56. The van der Waals surface area contributed by atoms with Gasteiger partial charge >= 0.3 is 0 Å². The molecule has 2 aromatic rings. The van der Waals surface area contributed by atoms with Crippen LogP contribution in [0.25, 0.3) is 0 Å². The SMILES string of the molecule is OCc1ccc(OCc2cccc(Cl)c2Cl)c(Br)c1. The molecule has 19 heavy (non-hydrogen) atoms. The number of aliphatic hydroxyl groups excluding tert-OH is 1. The second kappa shape index (κ2) is 6.62. The van der Waals surface area contributed by atoms with E-state index in [1.54, 1.807) is 18.2 Å². The monoisotopic (exact) mass is 360 g/mol. The zero-order valence-corrected chi connectivity index (χ0v) is 13.0. The summed E-state index contributed by atoms with van der Waals surface area (Å²) in [5.74, 6) is 0.688. The van der Waals surface area contributed by atoms with E-state index in [1.165, 1.54) is 0 Å². The molecule has 0 radical (unpaired) electrons. The summed E-state index contributed by atoms with van der Waals surface area (Å²) < 4.78 is 6.48. The van der Waals surface area contributed by atoms with Crippen LogP contribution in [0.2, 0.25) is 10.0 Å². The maximum absolute atomic E-state index is 9.03. The fourth-order valence-corrected chi connectivity index (χ4v) is 2.49. The van der Waals surface area contributed by atoms with Gasteiger partial charge in [0.1, 0.15) is 12.4 Å². The maximum Gasteiger partial charge on any atom is 0.134 e. The van der Waals surface area contributed by atoms with Crippen molar-refractivity contribution < 1.29 is 9.84 Å². The highest BCUT2D eigenvalue weighted by Gasteiger charge is 2.07. The van der Waals surface area contributed by atoms with Crippen LogP contribution in [0, 0.1) is 0 Å². The van der Waals surface area contributed by atoms with Crippen molar-refractivity contribution in [1.82, 2.24) is 0 Å². The van der Waals surface area contributed by atoms with E-state index in [1.807, 2.05) is 18.2 Å². The van der Waals surface area contributed by atoms with Crippen molar-refractivity contribution in [2.75, 3.05) is 0 Å². The quantitative estimate of drug-likeness (QED) is 0.845. The number of benzene rings is 2. The summed E-state index contributed by atoms with van der Waals surface area (Å²) in [6.45, 7) is 0.329. The van der Waals surface area contributed by atoms with Crippen LogP contribution in [-0.2, 0) is 13.2 Å². The molecule has 100 valence electrons. The first kappa shape index (κ1) is 14.7. The lowest BCUT2D eigenvalue weighted by atomic mass is 10.2. The standard InChI is InChI=1S/C14H11BrCl2O2/c15-11-6-9(7-18)4-5-13(11)19-8-10-2-1-3-12(16)14(10)17/h1-6,18H,7-8H2. The molecular formula is C14H11BrCl2O2. The molecule has 0 aromatic heterocycles. The van der Waals surface area contributed by atoms with Crippen molar-refractivity contribution in [3.05, 3.63) is 62.0 Å². The highest BCUT2D eigenvalue weighted by Crippen LogP contribution is 2.29. The highest BCUT2D eigenvalue weighted by molar-refractivity contribution is 9.10. The topological polar surface area (TPSA) is 29.5 Å². The summed E-state index contributed by atoms with van der Waals surface area (Å²) in [5, 5.41) is 10.1. The largest absolute Gasteiger partial charge is 0.488 e. The van der Waals surface area contributed by atoms with Gasteiger partial charge in [0.25, 0.3) is 0 Å². The van der Waals surface area contributed by atoms with Gasteiger partial charge in [0.2, 0.25) is 0 Å². The van der Waals surface area contributed by atoms with Crippen LogP contribution < -0.4 is 4.74 Å². The van der Waals surface area contributed by atoms with Crippen molar-refractivity contribution in [2.45, 2.75) is 13.2 Å². The minimum atomic E-state index is -0.000991. The average Bonchev–Trinajstić information content (AvgIpc) is 2.41. The fraction of sp³-hybridized carbons (Fsp3) is 0.143. The van der Waals surface area contributed by atoms with E-state index in [9.17, 15) is 0 Å². The minimum absolute atomic E-state index is 0.000991. The Bertz CT molecular complexity index is 588. The molecule has 0 fully saturated rings. The minimum Gasteiger partial charge on any atom is -0.488 e. The summed E-state index contributed by atoms with van der Waals surface area (Å²) >= 11 is 15.4. The van der Waals surface area contributed by atoms with Crippen molar-refractivity contribution in [2.24, 2.45) is 0 Å². The van der Waals surface area contributed by atoms with E-state index in [2.05, 4.69) is 15.9 Å². The van der Waals surface area contributed by atoms with E-state index in [0.717, 1.165) is 15.6 Å². The number of aliphatic hydroxyl groups is 1. The molecule has 0 unspecified atom stereocenters. The van der Waals surface area contributed by atoms with Crippen molar-refractivity contribution in [1.29, 1.82) is 0 Å². The van der Waals surface area contributed by atoms with E-state index in [4.69, 9.17) is 33.0 Å². The summed E-state index contributed by atoms with van der Waals surface area (Å²) in [4.78, 5) is 0. The summed E-state index contributed by atoms with van der Waals surface area (Å²) in [6.07, 6.45) is 0. The third kappa shape index (κ3) is 3.63. The van der Waals surface area contributed by atoms with Crippen molar-refractivity contribution in [3.63, 3.8) is 0 Å². The zero-order valence-electron chi connectivity index (χ0n) is 9.87. The molecule has 2 aromatic carbocycles. The fourth-order valence-electron chi connectivity index (χ4n) is 1.58. The number of hydrogen-bond donors (Lipinski definition) is 1. The molecule has 1 N–H and O–H groups in total. The Kier molecular flexibility index (Phi) is 5.11. The van der Waals surface area contributed by atoms with Crippen LogP contribution >= 0.6 is 39.1 Å². The van der Waals surface area contributed by atoms with Gasteiger partial charge in [0.05, 0.1) is 21.1 Å². The Morgan fingerprint density at radius 2 is 1.95 bits per heavy atom. The first-order valence-electron chi connectivity index (χ1n) is 5.57. The Morgan fingerprint density at radius 3 is 2.63 bits per heavy atom. The summed E-state index contributed by atoms with van der Waals surface area (Å²) in [7, 11) is 0. The van der Waals surface area contributed by atoms with Gasteiger partial charge in [0, 0.05) is 5.56 Å². The van der Waals surface area contributed by atoms with Gasteiger partial charge in [-0.2, -0.15) is 0 Å². The van der Waals surface area contributed by atoms with Crippen LogP contribution in [0.5, 0.6) is 5.75 Å². The van der Waals surface area contributed by atoms with Crippen LogP contribution in [0.3, 0.4) is 0 Å². The Labute approximate surface area is 130 Å². The summed E-state index contributed by atoms with van der Waals surface area (Å²) in [5.41, 5.74) is 1.65. The third-order valence-corrected chi connectivity index (χ3v) is 4.07. The lowest BCUT2D eigenvalue weighted by molar-refractivity contribution is 0.280. The Morgan fingerprint density at radius 1 is 1.16 bits per heavy atom. The van der Waals surface area contributed by atoms with E-state index < -0.39 is 0 Å². The third-order valence-electron chi connectivity index (χ3n) is 2.59. The lowest BCUT2D eigenvalue weighted by Gasteiger charge is -2.10. The molecule has 0 aliphatic heterocycles. The average molecular weight is 362 g/mol. The molecule has 2 rings (SSSR count). The molecule has 5 heteroatoms. The molecule has 0 aliphatic rings. The van der Waals surface area contributed by atoms with Crippen LogP contribution in [0.15, 0.2) is 40.9 Å². The van der Waals surface area contributed by atoms with Gasteiger partial charge in [-0.15, -0.1) is 0 Å². The van der Waals surface area contributed by atoms with Gasteiger partial charge in [-0.1, -0.05) is 41.4 Å². The normalized spacial score (nSPS) is 10.5. The molecular weight excluding hydrogens is 351 g/mol. The molecule has 2 nitrogen and oxygen atoms in total. The van der Waals surface area contributed by atoms with Gasteiger partial charge in [0.15, 0.2) is 0 Å². The maximum atomic E-state index is 9.03. The molecule has 0 atom stereocenters. The number of hydrogen-bond acceptors (Lipinski definition) is 2. The lowest BCUT2D eigenvalue weighted by Crippen LogP contribution is -1.97. The van der Waals surface area contributed by atoms with Crippen LogP contribution in [-0.4, -0.2) is 5.11 Å².